The van der Waals surface area contributed by atoms with Gasteiger partial charge < -0.3 is 40.9 Å². The van der Waals surface area contributed by atoms with Crippen LogP contribution in [-0.4, -0.2) is 70.7 Å². The van der Waals surface area contributed by atoms with Crippen LogP contribution in [0.25, 0.3) is 0 Å². The van der Waals surface area contributed by atoms with Crippen molar-refractivity contribution in [3.63, 3.8) is 0 Å². The van der Waals surface area contributed by atoms with Crippen molar-refractivity contribution in [3.05, 3.63) is 0 Å². The molecule has 94 valence electrons. The van der Waals surface area contributed by atoms with Gasteiger partial charge in [0, 0.05) is 0 Å². The molecule has 8 N–H and O–H groups in total. The van der Waals surface area contributed by atoms with E-state index in [0.717, 1.165) is 0 Å². The van der Waals surface area contributed by atoms with Gasteiger partial charge in [-0.15, -0.1) is 0 Å². The second-order valence-electron chi connectivity index (χ2n) is 3.75. The summed E-state index contributed by atoms with van der Waals surface area (Å²) in [5.74, 6) is -16.6. The summed E-state index contributed by atoms with van der Waals surface area (Å²) in [4.78, 5) is 0. The van der Waals surface area contributed by atoms with Gasteiger partial charge in [-0.2, -0.15) is 0 Å². The first kappa shape index (κ1) is 12.1. The van der Waals surface area contributed by atoms with E-state index in [-0.39, 0.29) is 0 Å². The second kappa shape index (κ2) is 2.70. The number of fused-ring (bicyclic) bond motifs is 1. The second-order valence-corrected chi connectivity index (χ2v) is 3.75. The van der Waals surface area contributed by atoms with E-state index in [9.17, 15) is 20.4 Å². The van der Waals surface area contributed by atoms with Gasteiger partial charge in [0.25, 0.3) is 11.6 Å². The van der Waals surface area contributed by atoms with E-state index in [1.807, 2.05) is 0 Å². The Labute approximate surface area is 87.1 Å². The molecule has 0 saturated carbocycles. The molecule has 0 aromatic rings. The first-order valence-electron chi connectivity index (χ1n) is 4.08. The van der Waals surface area contributed by atoms with E-state index < -0.39 is 35.7 Å². The lowest BCUT2D eigenvalue weighted by molar-refractivity contribution is -0.500. The number of rotatable bonds is 0. The summed E-state index contributed by atoms with van der Waals surface area (Å²) in [5, 5.41) is 73.1. The molecule has 2 aliphatic heterocycles. The van der Waals surface area contributed by atoms with Crippen molar-refractivity contribution in [2.45, 2.75) is 29.8 Å². The molecule has 2 rings (SSSR count). The largest absolute Gasteiger partial charge is 0.359 e. The average Bonchev–Trinajstić information content (AvgIpc) is 2.24. The van der Waals surface area contributed by atoms with Gasteiger partial charge in [-0.1, -0.05) is 0 Å². The Kier molecular flexibility index (Phi) is 2.04. The Balaban J connectivity index is 2.46. The lowest BCUT2D eigenvalue weighted by Crippen LogP contribution is -2.64. The quantitative estimate of drug-likeness (QED) is 0.191. The van der Waals surface area contributed by atoms with Crippen LogP contribution in [0.1, 0.15) is 0 Å². The molecule has 0 spiro atoms. The third kappa shape index (κ3) is 1.14. The number of aliphatic hydroxyl groups is 8. The lowest BCUT2D eigenvalue weighted by atomic mass is 9.90. The van der Waals surface area contributed by atoms with Gasteiger partial charge in [-0.3, -0.25) is 9.47 Å². The van der Waals surface area contributed by atoms with Crippen LogP contribution in [0.15, 0.2) is 0 Å². The van der Waals surface area contributed by atoms with Crippen molar-refractivity contribution in [2.24, 2.45) is 5.92 Å². The average molecular weight is 242 g/mol. The maximum absolute atomic E-state index is 9.27. The van der Waals surface area contributed by atoms with E-state index in [2.05, 4.69) is 9.47 Å². The number of hydrogen-bond acceptors (Lipinski definition) is 10. The summed E-state index contributed by atoms with van der Waals surface area (Å²) in [6.07, 6.45) is -2.05. The van der Waals surface area contributed by atoms with Gasteiger partial charge in [0.05, 0.1) is 0 Å². The molecule has 2 aliphatic rings. The highest BCUT2D eigenvalue weighted by Gasteiger charge is 2.81. The van der Waals surface area contributed by atoms with E-state index in [0.29, 0.717) is 0 Å². The van der Waals surface area contributed by atoms with Crippen LogP contribution < -0.4 is 0 Å². The third-order valence-electron chi connectivity index (χ3n) is 2.66. The molecule has 0 aliphatic carbocycles. The van der Waals surface area contributed by atoms with Crippen molar-refractivity contribution in [1.82, 2.24) is 0 Å². The lowest BCUT2D eigenvalue weighted by Gasteiger charge is -2.36. The first-order chi connectivity index (χ1) is 6.93. The zero-order valence-electron chi connectivity index (χ0n) is 7.55. The predicted octanol–water partition coefficient (Wildman–Crippen LogP) is -5.37. The van der Waals surface area contributed by atoms with Crippen LogP contribution >= 0.6 is 0 Å². The van der Waals surface area contributed by atoms with E-state index in [1.165, 1.54) is 0 Å². The molecule has 0 radical (unpaired) electrons. The number of ether oxygens (including phenoxy) is 2. The molecule has 0 bridgehead atoms. The Bertz CT molecular complexity index is 289. The highest BCUT2D eigenvalue weighted by Crippen LogP contribution is 2.52. The molecule has 0 amide bonds. The molecule has 0 unspecified atom stereocenters. The highest BCUT2D eigenvalue weighted by atomic mass is 16.9. The molecule has 16 heavy (non-hydrogen) atoms. The maximum Gasteiger partial charge on any atom is 0.338 e. The van der Waals surface area contributed by atoms with Crippen LogP contribution in [0.4, 0.5) is 0 Å². The fourth-order valence-corrected chi connectivity index (χ4v) is 1.72. The molecule has 0 aromatic carbocycles. The summed E-state index contributed by atoms with van der Waals surface area (Å²) < 4.78 is 8.22. The molecule has 0 aromatic heterocycles. The summed E-state index contributed by atoms with van der Waals surface area (Å²) in [5.41, 5.74) is 0. The maximum atomic E-state index is 9.27. The van der Waals surface area contributed by atoms with E-state index in [1.54, 1.807) is 0 Å². The van der Waals surface area contributed by atoms with Crippen molar-refractivity contribution >= 4 is 0 Å². The van der Waals surface area contributed by atoms with Gasteiger partial charge in [0.2, 0.25) is 0 Å². The van der Waals surface area contributed by atoms with Crippen LogP contribution in [0, 0.1) is 5.92 Å². The monoisotopic (exact) mass is 242 g/mol. The van der Waals surface area contributed by atoms with E-state index in [4.69, 9.17) is 20.4 Å². The smallest absolute Gasteiger partial charge is 0.338 e. The fraction of sp³-hybridized carbons (Fsp3) is 1.00. The fourth-order valence-electron chi connectivity index (χ4n) is 1.72. The van der Waals surface area contributed by atoms with Crippen molar-refractivity contribution < 1.29 is 50.3 Å². The van der Waals surface area contributed by atoms with Gasteiger partial charge in [0.1, 0.15) is 5.92 Å². The van der Waals surface area contributed by atoms with Crippen molar-refractivity contribution in [2.75, 3.05) is 0 Å². The van der Waals surface area contributed by atoms with Gasteiger partial charge in [-0.05, 0) is 0 Å². The minimum Gasteiger partial charge on any atom is -0.359 e. The minimum absolute atomic E-state index is 2.05. The SMILES string of the molecule is OC1(O)OC2OC(O)(O)C(O)(O)C2C1(O)O. The highest BCUT2D eigenvalue weighted by molar-refractivity contribution is 5.05. The topological polar surface area (TPSA) is 180 Å². The summed E-state index contributed by atoms with van der Waals surface area (Å²) >= 11 is 0. The summed E-state index contributed by atoms with van der Waals surface area (Å²) in [6.45, 7) is 0. The Morgan fingerprint density at radius 1 is 0.625 bits per heavy atom. The molecule has 10 nitrogen and oxygen atoms in total. The van der Waals surface area contributed by atoms with Gasteiger partial charge >= 0.3 is 11.9 Å². The van der Waals surface area contributed by atoms with Crippen molar-refractivity contribution in [1.29, 1.82) is 0 Å². The summed E-state index contributed by atoms with van der Waals surface area (Å²) in [7, 11) is 0. The van der Waals surface area contributed by atoms with Crippen LogP contribution in [-0.2, 0) is 9.47 Å². The Hall–Kier alpha value is -0.400. The molecule has 2 heterocycles. The molecule has 2 fully saturated rings. The molecule has 2 saturated heterocycles. The molecular weight excluding hydrogens is 232 g/mol. The van der Waals surface area contributed by atoms with Gasteiger partial charge in [-0.25, -0.2) is 0 Å². The summed E-state index contributed by atoms with van der Waals surface area (Å²) in [6, 6.07) is 0. The zero-order chi connectivity index (χ0) is 12.6. The van der Waals surface area contributed by atoms with E-state index >= 15 is 0 Å². The molecule has 10 heteroatoms. The van der Waals surface area contributed by atoms with Crippen LogP contribution in [0.3, 0.4) is 0 Å². The standard InChI is InChI=1S/C6H10O10/c7-3(8)1-2(15-5(3,11)12)16-6(13,14)4(1,9)10/h1-2,7-14H. The van der Waals surface area contributed by atoms with Gasteiger partial charge in [0.15, 0.2) is 6.29 Å². The van der Waals surface area contributed by atoms with Crippen molar-refractivity contribution in [3.8, 4) is 0 Å². The first-order valence-corrected chi connectivity index (χ1v) is 4.08. The van der Waals surface area contributed by atoms with Crippen LogP contribution in [0.5, 0.6) is 0 Å². The predicted molar refractivity (Wildman–Crippen MR) is 38.1 cm³/mol. The molecule has 0 atom stereocenters. The Morgan fingerprint density at radius 3 is 1.19 bits per heavy atom. The normalized spacial score (nSPS) is 42.0. The van der Waals surface area contributed by atoms with Crippen LogP contribution in [0.2, 0.25) is 0 Å². The minimum atomic E-state index is -3.58. The zero-order valence-corrected chi connectivity index (χ0v) is 7.55. The Morgan fingerprint density at radius 2 is 0.938 bits per heavy atom. The third-order valence-corrected chi connectivity index (χ3v) is 2.66. The molecular formula is C6H10O10. The number of hydrogen-bond donors (Lipinski definition) is 8.